The van der Waals surface area contributed by atoms with Crippen molar-refractivity contribution in [1.29, 1.82) is 0 Å². The zero-order valence-electron chi connectivity index (χ0n) is 25.5. The summed E-state index contributed by atoms with van der Waals surface area (Å²) in [4.78, 5) is 59.0. The van der Waals surface area contributed by atoms with Crippen LogP contribution >= 0.6 is 0 Å². The number of carbonyl (C=O) groups excluding carboxylic acids is 4. The van der Waals surface area contributed by atoms with Gasteiger partial charge in [-0.25, -0.2) is 4.90 Å². The van der Waals surface area contributed by atoms with Crippen LogP contribution in [0.3, 0.4) is 0 Å². The second-order valence-electron chi connectivity index (χ2n) is 12.2. The van der Waals surface area contributed by atoms with Gasteiger partial charge in [0.2, 0.25) is 11.8 Å². The van der Waals surface area contributed by atoms with Crippen LogP contribution in [0.4, 0.5) is 5.69 Å². The minimum atomic E-state index is -1.48. The van der Waals surface area contributed by atoms with Crippen molar-refractivity contribution < 1.29 is 23.9 Å². The number of benzene rings is 5. The van der Waals surface area contributed by atoms with E-state index in [1.807, 2.05) is 121 Å². The Morgan fingerprint density at radius 2 is 1.00 bits per heavy atom. The largest absolute Gasteiger partial charge is 0.427 e. The summed E-state index contributed by atoms with van der Waals surface area (Å²) >= 11 is 0. The van der Waals surface area contributed by atoms with Crippen molar-refractivity contribution in [2.75, 3.05) is 4.90 Å². The number of esters is 1. The lowest BCUT2D eigenvalue weighted by Gasteiger charge is -2.39. The van der Waals surface area contributed by atoms with Gasteiger partial charge in [-0.1, -0.05) is 127 Å². The van der Waals surface area contributed by atoms with E-state index in [1.165, 1.54) is 17.9 Å². The molecule has 2 aliphatic carbocycles. The molecule has 4 atom stereocenters. The second kappa shape index (κ2) is 10.6. The van der Waals surface area contributed by atoms with Crippen LogP contribution in [0.25, 0.3) is 11.1 Å². The van der Waals surface area contributed by atoms with Crippen molar-refractivity contribution in [2.45, 2.75) is 17.8 Å². The van der Waals surface area contributed by atoms with E-state index in [-0.39, 0.29) is 17.2 Å². The fourth-order valence-corrected chi connectivity index (χ4v) is 8.44. The Labute approximate surface area is 271 Å². The third kappa shape index (κ3) is 3.78. The minimum absolute atomic E-state index is 0.176. The summed E-state index contributed by atoms with van der Waals surface area (Å²) in [6.45, 7) is 1.29. The number of rotatable bonds is 6. The molecule has 5 aromatic carbocycles. The van der Waals surface area contributed by atoms with E-state index >= 15 is 14.4 Å². The van der Waals surface area contributed by atoms with Crippen molar-refractivity contribution in [1.82, 2.24) is 0 Å². The summed E-state index contributed by atoms with van der Waals surface area (Å²) in [6, 6.07) is 44.8. The fourth-order valence-electron chi connectivity index (χ4n) is 8.44. The van der Waals surface area contributed by atoms with Crippen molar-refractivity contribution in [3.63, 3.8) is 0 Å². The SMILES string of the molecule is CC(=O)Oc1cccc(N2C(=O)[C@@H]3[C@@H](C2=O)[C@@]2(c4ccccc4)C(=O)[C@@]3(c3ccccc3)C(c3ccccc3)=C2c2ccccc2)c1. The van der Waals surface area contributed by atoms with E-state index in [0.717, 1.165) is 22.3 Å². The summed E-state index contributed by atoms with van der Waals surface area (Å²) in [5.41, 5.74) is 1.76. The van der Waals surface area contributed by atoms with Crippen LogP contribution in [0.2, 0.25) is 0 Å². The van der Waals surface area contributed by atoms with Crippen LogP contribution in [0.1, 0.15) is 29.2 Å². The van der Waals surface area contributed by atoms with Gasteiger partial charge in [0.15, 0.2) is 5.78 Å². The minimum Gasteiger partial charge on any atom is -0.427 e. The molecular formula is C41H29NO5. The number of carbonyl (C=O) groups is 4. The summed E-state index contributed by atoms with van der Waals surface area (Å²) in [5, 5.41) is 0. The average Bonchev–Trinajstić information content (AvgIpc) is 3.61. The van der Waals surface area contributed by atoms with Crippen LogP contribution < -0.4 is 9.64 Å². The lowest BCUT2D eigenvalue weighted by Crippen LogP contribution is -2.45. The predicted octanol–water partition coefficient (Wildman–Crippen LogP) is 6.80. The standard InChI is InChI=1S/C41H29NO5/c1-26(43)47-32-24-14-23-31(25-32)42-37(44)35-36(38(42)45)41(30-21-12-5-13-22-30)34(28-17-8-3-9-18-28)33(27-15-6-2-7-16-27)40(35,39(41)46)29-19-10-4-11-20-29/h2-25,35-36H,1H3/t35-,36-,40-,41-/m0/s1. The van der Waals surface area contributed by atoms with E-state index in [2.05, 4.69) is 0 Å². The number of ketones is 1. The molecule has 8 rings (SSSR count). The highest BCUT2D eigenvalue weighted by Gasteiger charge is 2.82. The van der Waals surface area contributed by atoms with Crippen LogP contribution in [0.15, 0.2) is 146 Å². The van der Waals surface area contributed by atoms with Crippen LogP contribution in [0.5, 0.6) is 5.75 Å². The first-order valence-corrected chi connectivity index (χ1v) is 15.6. The maximum absolute atomic E-state index is 15.9. The predicted molar refractivity (Wildman–Crippen MR) is 178 cm³/mol. The molecule has 2 fully saturated rings. The molecule has 0 aromatic heterocycles. The van der Waals surface area contributed by atoms with Crippen molar-refractivity contribution in [3.05, 3.63) is 168 Å². The van der Waals surface area contributed by atoms with E-state index in [9.17, 15) is 4.79 Å². The first kappa shape index (κ1) is 28.6. The number of hydrogen-bond donors (Lipinski definition) is 0. The third-order valence-corrected chi connectivity index (χ3v) is 9.91. The Balaban J connectivity index is 1.51. The molecule has 6 heteroatoms. The van der Waals surface area contributed by atoms with E-state index < -0.39 is 40.4 Å². The Morgan fingerprint density at radius 1 is 0.574 bits per heavy atom. The van der Waals surface area contributed by atoms with Gasteiger partial charge in [-0.2, -0.15) is 0 Å². The van der Waals surface area contributed by atoms with Crippen LogP contribution in [-0.2, 0) is 30.0 Å². The van der Waals surface area contributed by atoms with Gasteiger partial charge in [0.25, 0.3) is 0 Å². The molecule has 5 aromatic rings. The number of nitrogens with zero attached hydrogens (tertiary/aromatic N) is 1. The Morgan fingerprint density at radius 3 is 1.43 bits per heavy atom. The molecule has 1 heterocycles. The van der Waals surface area contributed by atoms with Crippen LogP contribution in [0, 0.1) is 11.8 Å². The summed E-state index contributed by atoms with van der Waals surface area (Å²) in [5.74, 6) is -3.47. The van der Waals surface area contributed by atoms with Crippen molar-refractivity contribution >= 4 is 40.4 Å². The number of imide groups is 1. The summed E-state index contributed by atoms with van der Waals surface area (Å²) < 4.78 is 5.33. The Hall–Kier alpha value is -5.88. The van der Waals surface area contributed by atoms with Crippen molar-refractivity contribution in [3.8, 4) is 5.75 Å². The van der Waals surface area contributed by atoms with Gasteiger partial charge in [-0.3, -0.25) is 19.2 Å². The summed E-state index contributed by atoms with van der Waals surface area (Å²) in [7, 11) is 0. The molecular weight excluding hydrogens is 586 g/mol. The highest BCUT2D eigenvalue weighted by atomic mass is 16.5. The van der Waals surface area contributed by atoms with Gasteiger partial charge in [-0.05, 0) is 45.5 Å². The molecule has 0 radical (unpaired) electrons. The van der Waals surface area contributed by atoms with Gasteiger partial charge in [0.1, 0.15) is 5.75 Å². The van der Waals surface area contributed by atoms with Gasteiger partial charge in [0, 0.05) is 13.0 Å². The third-order valence-electron chi connectivity index (χ3n) is 9.91. The Bertz CT molecular complexity index is 1990. The molecule has 1 saturated heterocycles. The number of hydrogen-bond acceptors (Lipinski definition) is 5. The molecule has 6 nitrogen and oxygen atoms in total. The average molecular weight is 616 g/mol. The van der Waals surface area contributed by atoms with Crippen molar-refractivity contribution in [2.24, 2.45) is 11.8 Å². The number of ether oxygens (including phenoxy) is 1. The zero-order valence-corrected chi connectivity index (χ0v) is 25.5. The molecule has 1 saturated carbocycles. The maximum atomic E-state index is 15.9. The maximum Gasteiger partial charge on any atom is 0.308 e. The molecule has 2 bridgehead atoms. The normalized spacial score (nSPS) is 24.5. The second-order valence-corrected chi connectivity index (χ2v) is 12.2. The lowest BCUT2D eigenvalue weighted by atomic mass is 9.59. The molecule has 0 unspecified atom stereocenters. The summed E-state index contributed by atoms with van der Waals surface area (Å²) in [6.07, 6.45) is 0. The first-order valence-electron chi connectivity index (χ1n) is 15.6. The van der Waals surface area contributed by atoms with Gasteiger partial charge < -0.3 is 4.74 Å². The van der Waals surface area contributed by atoms with Gasteiger partial charge in [0.05, 0.1) is 28.4 Å². The van der Waals surface area contributed by atoms with E-state index in [1.54, 1.807) is 18.2 Å². The topological polar surface area (TPSA) is 80.8 Å². The lowest BCUT2D eigenvalue weighted by molar-refractivity contribution is -0.132. The molecule has 0 N–H and O–H groups in total. The number of amides is 2. The zero-order chi connectivity index (χ0) is 32.3. The van der Waals surface area contributed by atoms with E-state index in [4.69, 9.17) is 4.74 Å². The number of anilines is 1. The molecule has 47 heavy (non-hydrogen) atoms. The first-order chi connectivity index (χ1) is 22.9. The molecule has 2 amide bonds. The van der Waals surface area contributed by atoms with Gasteiger partial charge in [-0.15, -0.1) is 0 Å². The van der Waals surface area contributed by atoms with Crippen LogP contribution in [-0.4, -0.2) is 23.6 Å². The molecule has 0 spiro atoms. The van der Waals surface area contributed by atoms with Gasteiger partial charge >= 0.3 is 5.97 Å². The highest BCUT2D eigenvalue weighted by Crippen LogP contribution is 2.74. The molecule has 228 valence electrons. The molecule has 3 aliphatic rings. The number of fused-ring (bicyclic) bond motifs is 5. The number of allylic oxidation sites excluding steroid dienone is 2. The van der Waals surface area contributed by atoms with E-state index in [0.29, 0.717) is 11.1 Å². The molecule has 1 aliphatic heterocycles. The fraction of sp³-hybridized carbons (Fsp3) is 0.122. The quantitative estimate of drug-likeness (QED) is 0.119. The highest BCUT2D eigenvalue weighted by molar-refractivity contribution is 6.39. The Kier molecular flexibility index (Phi) is 6.44. The smallest absolute Gasteiger partial charge is 0.308 e. The monoisotopic (exact) mass is 615 g/mol. The number of Topliss-reactive ketones (excluding diaryl/α,β-unsaturated/α-hetero) is 1.